The third-order valence-electron chi connectivity index (χ3n) is 2.56. The summed E-state index contributed by atoms with van der Waals surface area (Å²) in [5, 5.41) is 2.71. The molecule has 0 aliphatic rings. The zero-order chi connectivity index (χ0) is 15.6. The summed E-state index contributed by atoms with van der Waals surface area (Å²) in [6.07, 6.45) is 0. The summed E-state index contributed by atoms with van der Waals surface area (Å²) in [4.78, 5) is 12.0. The van der Waals surface area contributed by atoms with E-state index in [1.807, 2.05) is 6.07 Å². The van der Waals surface area contributed by atoms with Crippen molar-refractivity contribution in [1.29, 1.82) is 0 Å². The molecule has 2 rings (SSSR count). The average Bonchev–Trinajstić information content (AvgIpc) is 2.39. The summed E-state index contributed by atoms with van der Waals surface area (Å²) in [6, 6.07) is 10.9. The Kier molecular flexibility index (Phi) is 5.13. The van der Waals surface area contributed by atoms with Crippen LogP contribution in [-0.4, -0.2) is 14.3 Å². The van der Waals surface area contributed by atoms with E-state index in [4.69, 9.17) is 22.3 Å². The highest BCUT2D eigenvalue weighted by Gasteiger charge is 2.14. The minimum Gasteiger partial charge on any atom is -0.321 e. The maximum absolute atomic E-state index is 12.1. The molecule has 110 valence electrons. The molecule has 0 atom stereocenters. The van der Waals surface area contributed by atoms with Crippen LogP contribution in [0.1, 0.15) is 10.4 Å². The summed E-state index contributed by atoms with van der Waals surface area (Å²) >= 11 is 8.06. The van der Waals surface area contributed by atoms with E-state index < -0.39 is 9.05 Å². The van der Waals surface area contributed by atoms with Gasteiger partial charge in [-0.2, -0.15) is 0 Å². The maximum Gasteiger partial charge on any atom is 0.261 e. The number of rotatable bonds is 3. The predicted octanol–water partition coefficient (Wildman–Crippen LogP) is 4.12. The second-order valence-corrected chi connectivity index (χ2v) is 8.26. The van der Waals surface area contributed by atoms with E-state index in [1.165, 1.54) is 18.2 Å². The molecule has 1 amide bonds. The molecule has 4 nitrogen and oxygen atoms in total. The summed E-state index contributed by atoms with van der Waals surface area (Å²) in [7, 11) is 1.37. The molecule has 0 heterocycles. The Morgan fingerprint density at radius 3 is 2.43 bits per heavy atom. The van der Waals surface area contributed by atoms with Crippen LogP contribution in [-0.2, 0) is 9.05 Å². The summed E-state index contributed by atoms with van der Waals surface area (Å²) < 4.78 is 23.3. The third kappa shape index (κ3) is 4.32. The van der Waals surface area contributed by atoms with Crippen LogP contribution in [0.2, 0.25) is 5.02 Å². The van der Waals surface area contributed by atoms with Crippen molar-refractivity contribution >= 4 is 65.5 Å². The van der Waals surface area contributed by atoms with Gasteiger partial charge in [0.25, 0.3) is 15.0 Å². The first kappa shape index (κ1) is 16.5. The first-order chi connectivity index (χ1) is 9.77. The molecule has 0 aromatic heterocycles. The largest absolute Gasteiger partial charge is 0.321 e. The fraction of sp³-hybridized carbons (Fsp3) is 0. The van der Waals surface area contributed by atoms with Gasteiger partial charge in [-0.3, -0.25) is 4.79 Å². The van der Waals surface area contributed by atoms with E-state index >= 15 is 0 Å². The fourth-order valence-corrected chi connectivity index (χ4v) is 3.19. The first-order valence-electron chi connectivity index (χ1n) is 5.58. The van der Waals surface area contributed by atoms with Crippen molar-refractivity contribution in [3.63, 3.8) is 0 Å². The van der Waals surface area contributed by atoms with E-state index in [-0.39, 0.29) is 15.8 Å². The molecule has 2 aromatic carbocycles. The number of anilines is 1. The number of benzene rings is 2. The number of hydrogen-bond donors (Lipinski definition) is 1. The van der Waals surface area contributed by atoms with E-state index in [0.29, 0.717) is 11.3 Å². The first-order valence-corrected chi connectivity index (χ1v) is 9.35. The lowest BCUT2D eigenvalue weighted by Gasteiger charge is -2.08. The fourth-order valence-electron chi connectivity index (χ4n) is 1.57. The molecule has 0 aliphatic carbocycles. The molecule has 0 saturated heterocycles. The minimum absolute atomic E-state index is 0.0932. The quantitative estimate of drug-likeness (QED) is 0.559. The number of carbonyl (C=O) groups is 1. The molecular formula is C13H8Cl2INO3S. The molecule has 21 heavy (non-hydrogen) atoms. The number of hydrogen-bond acceptors (Lipinski definition) is 3. The van der Waals surface area contributed by atoms with E-state index in [9.17, 15) is 13.2 Å². The molecule has 8 heteroatoms. The Balaban J connectivity index is 2.26. The van der Waals surface area contributed by atoms with Crippen molar-refractivity contribution in [2.45, 2.75) is 4.90 Å². The van der Waals surface area contributed by atoms with Gasteiger partial charge in [0.1, 0.15) is 0 Å². The van der Waals surface area contributed by atoms with E-state index in [0.717, 1.165) is 3.57 Å². The highest BCUT2D eigenvalue weighted by atomic mass is 127. The van der Waals surface area contributed by atoms with Gasteiger partial charge in [0.15, 0.2) is 0 Å². The molecule has 0 bridgehead atoms. The standard InChI is InChI=1S/C13H8Cl2INO3S/c14-11-7-10(21(15,19)20)4-5-12(11)17-13(18)8-2-1-3-9(16)6-8/h1-7H,(H,17,18). The molecule has 0 radical (unpaired) electrons. The Labute approximate surface area is 145 Å². The van der Waals surface area contributed by atoms with Crippen molar-refractivity contribution in [2.24, 2.45) is 0 Å². The third-order valence-corrected chi connectivity index (χ3v) is 4.89. The molecule has 0 unspecified atom stereocenters. The number of amides is 1. The van der Waals surface area contributed by atoms with Crippen molar-refractivity contribution < 1.29 is 13.2 Å². The lowest BCUT2D eigenvalue weighted by atomic mass is 10.2. The smallest absolute Gasteiger partial charge is 0.261 e. The predicted molar refractivity (Wildman–Crippen MR) is 91.6 cm³/mol. The highest BCUT2D eigenvalue weighted by Crippen LogP contribution is 2.27. The van der Waals surface area contributed by atoms with Crippen LogP contribution >= 0.6 is 44.9 Å². The molecule has 0 spiro atoms. The van der Waals surface area contributed by atoms with Crippen LogP contribution in [0, 0.1) is 3.57 Å². The van der Waals surface area contributed by atoms with Crippen LogP contribution in [0.3, 0.4) is 0 Å². The van der Waals surface area contributed by atoms with Crippen LogP contribution in [0.15, 0.2) is 47.4 Å². The summed E-state index contributed by atoms with van der Waals surface area (Å²) in [5.74, 6) is -0.336. The van der Waals surface area contributed by atoms with Gasteiger partial charge in [0.2, 0.25) is 0 Å². The Morgan fingerprint density at radius 2 is 1.86 bits per heavy atom. The van der Waals surface area contributed by atoms with Crippen molar-refractivity contribution in [3.8, 4) is 0 Å². The maximum atomic E-state index is 12.1. The molecular weight excluding hydrogens is 448 g/mol. The number of halogens is 3. The van der Waals surface area contributed by atoms with E-state index in [2.05, 4.69) is 27.9 Å². The SMILES string of the molecule is O=C(Nc1ccc(S(=O)(=O)Cl)cc1Cl)c1cccc(I)c1. The van der Waals surface area contributed by atoms with Crippen LogP contribution < -0.4 is 5.32 Å². The zero-order valence-corrected chi connectivity index (χ0v) is 14.8. The van der Waals surface area contributed by atoms with Crippen LogP contribution in [0.25, 0.3) is 0 Å². The topological polar surface area (TPSA) is 63.2 Å². The Morgan fingerprint density at radius 1 is 1.14 bits per heavy atom. The van der Waals surface area contributed by atoms with Gasteiger partial charge in [0.05, 0.1) is 15.6 Å². The zero-order valence-electron chi connectivity index (χ0n) is 10.3. The van der Waals surface area contributed by atoms with Crippen molar-refractivity contribution in [1.82, 2.24) is 0 Å². The van der Waals surface area contributed by atoms with Gasteiger partial charge in [-0.25, -0.2) is 8.42 Å². The highest BCUT2D eigenvalue weighted by molar-refractivity contribution is 14.1. The Bertz CT molecular complexity index is 809. The normalized spacial score (nSPS) is 11.2. The summed E-state index contributed by atoms with van der Waals surface area (Å²) in [5.41, 5.74) is 0.789. The lowest BCUT2D eigenvalue weighted by molar-refractivity contribution is 0.102. The van der Waals surface area contributed by atoms with E-state index in [1.54, 1.807) is 18.2 Å². The molecule has 2 aromatic rings. The van der Waals surface area contributed by atoms with Gasteiger partial charge in [0, 0.05) is 19.8 Å². The molecule has 0 saturated carbocycles. The lowest BCUT2D eigenvalue weighted by Crippen LogP contribution is -2.12. The number of carbonyl (C=O) groups excluding carboxylic acids is 1. The molecule has 1 N–H and O–H groups in total. The van der Waals surface area contributed by atoms with Crippen LogP contribution in [0.5, 0.6) is 0 Å². The van der Waals surface area contributed by atoms with Gasteiger partial charge >= 0.3 is 0 Å². The average molecular weight is 456 g/mol. The van der Waals surface area contributed by atoms with Crippen molar-refractivity contribution in [2.75, 3.05) is 5.32 Å². The second-order valence-electron chi connectivity index (χ2n) is 4.04. The van der Waals surface area contributed by atoms with Gasteiger partial charge in [-0.1, -0.05) is 17.7 Å². The van der Waals surface area contributed by atoms with Crippen molar-refractivity contribution in [3.05, 3.63) is 56.6 Å². The van der Waals surface area contributed by atoms with Crippen LogP contribution in [0.4, 0.5) is 5.69 Å². The second kappa shape index (κ2) is 6.51. The Hall–Kier alpha value is -0.830. The van der Waals surface area contributed by atoms with Gasteiger partial charge in [-0.15, -0.1) is 0 Å². The minimum atomic E-state index is -3.85. The number of nitrogens with one attached hydrogen (secondary N) is 1. The summed E-state index contributed by atoms with van der Waals surface area (Å²) in [6.45, 7) is 0. The molecule has 0 aliphatic heterocycles. The van der Waals surface area contributed by atoms with Gasteiger partial charge < -0.3 is 5.32 Å². The van der Waals surface area contributed by atoms with Gasteiger partial charge in [-0.05, 0) is 59.0 Å². The monoisotopic (exact) mass is 455 g/mol. The molecule has 0 fully saturated rings.